The van der Waals surface area contributed by atoms with Gasteiger partial charge in [0.1, 0.15) is 11.5 Å². The fourth-order valence-corrected chi connectivity index (χ4v) is 2.94. The van der Waals surface area contributed by atoms with Gasteiger partial charge in [-0.05, 0) is 48.4 Å². The minimum absolute atomic E-state index is 0.565. The SMILES string of the molecule is COc1ccc(CN/N=C\c2ccc(-c3ccc(C)c(Br)c3)o2)cc1OC. The first-order chi connectivity index (χ1) is 13.1. The summed E-state index contributed by atoms with van der Waals surface area (Å²) in [7, 11) is 3.24. The minimum atomic E-state index is 0.565. The zero-order valence-electron chi connectivity index (χ0n) is 15.5. The second-order valence-electron chi connectivity index (χ2n) is 5.95. The fourth-order valence-electron chi connectivity index (χ4n) is 2.56. The van der Waals surface area contributed by atoms with E-state index in [9.17, 15) is 0 Å². The normalized spacial score (nSPS) is 11.0. The predicted molar refractivity (Wildman–Crippen MR) is 111 cm³/mol. The second kappa shape index (κ2) is 8.77. The van der Waals surface area contributed by atoms with Crippen molar-refractivity contribution < 1.29 is 13.9 Å². The number of rotatable bonds is 7. The maximum Gasteiger partial charge on any atom is 0.161 e. The quantitative estimate of drug-likeness (QED) is 0.417. The van der Waals surface area contributed by atoms with Crippen LogP contribution in [0.1, 0.15) is 16.9 Å². The van der Waals surface area contributed by atoms with E-state index in [4.69, 9.17) is 13.9 Å². The molecule has 27 heavy (non-hydrogen) atoms. The largest absolute Gasteiger partial charge is 0.493 e. The van der Waals surface area contributed by atoms with Crippen LogP contribution in [0.5, 0.6) is 11.5 Å². The standard InChI is InChI=1S/C21H21BrN2O3/c1-14-4-6-16(11-18(14)22)19-9-7-17(27-19)13-24-23-12-15-5-8-20(25-2)21(10-15)26-3/h4-11,13,23H,12H2,1-3H3/b24-13-. The lowest BCUT2D eigenvalue weighted by Crippen LogP contribution is -2.05. The molecule has 3 rings (SSSR count). The number of benzene rings is 2. The molecule has 0 unspecified atom stereocenters. The molecule has 0 saturated heterocycles. The number of hydrazone groups is 1. The molecule has 0 aliphatic carbocycles. The van der Waals surface area contributed by atoms with E-state index in [1.54, 1.807) is 20.4 Å². The first kappa shape index (κ1) is 19.0. The summed E-state index contributed by atoms with van der Waals surface area (Å²) < 4.78 is 17.4. The van der Waals surface area contributed by atoms with Crippen molar-refractivity contribution in [1.82, 2.24) is 5.43 Å². The molecule has 0 fully saturated rings. The summed E-state index contributed by atoms with van der Waals surface area (Å²) in [4.78, 5) is 0. The first-order valence-electron chi connectivity index (χ1n) is 8.44. The molecule has 0 aliphatic heterocycles. The Morgan fingerprint density at radius 3 is 2.59 bits per heavy atom. The Morgan fingerprint density at radius 2 is 1.85 bits per heavy atom. The topological polar surface area (TPSA) is 56.0 Å². The smallest absolute Gasteiger partial charge is 0.161 e. The highest BCUT2D eigenvalue weighted by Crippen LogP contribution is 2.28. The van der Waals surface area contributed by atoms with Gasteiger partial charge in [-0.1, -0.05) is 34.1 Å². The lowest BCUT2D eigenvalue weighted by atomic mass is 10.1. The van der Waals surface area contributed by atoms with E-state index >= 15 is 0 Å². The average molecular weight is 429 g/mol. The Morgan fingerprint density at radius 1 is 1.04 bits per heavy atom. The van der Waals surface area contributed by atoms with E-state index in [0.29, 0.717) is 23.8 Å². The number of nitrogens with zero attached hydrogens (tertiary/aromatic N) is 1. The van der Waals surface area contributed by atoms with Gasteiger partial charge in [0, 0.05) is 10.0 Å². The molecule has 0 atom stereocenters. The first-order valence-corrected chi connectivity index (χ1v) is 9.23. The summed E-state index contributed by atoms with van der Waals surface area (Å²) in [5, 5.41) is 4.22. The Kier molecular flexibility index (Phi) is 6.19. The molecule has 0 spiro atoms. The number of halogens is 1. The predicted octanol–water partition coefficient (Wildman–Crippen LogP) is 5.16. The van der Waals surface area contributed by atoms with Gasteiger partial charge in [0.05, 0.1) is 27.0 Å². The molecular formula is C21H21BrN2O3. The van der Waals surface area contributed by atoms with Gasteiger partial charge in [0.25, 0.3) is 0 Å². The van der Waals surface area contributed by atoms with Crippen molar-refractivity contribution in [3.05, 3.63) is 69.9 Å². The summed E-state index contributed by atoms with van der Waals surface area (Å²) in [5.41, 5.74) is 6.25. The average Bonchev–Trinajstić information content (AvgIpc) is 3.16. The van der Waals surface area contributed by atoms with Crippen molar-refractivity contribution in [2.45, 2.75) is 13.5 Å². The highest BCUT2D eigenvalue weighted by atomic mass is 79.9. The molecule has 0 amide bonds. The van der Waals surface area contributed by atoms with Crippen molar-refractivity contribution in [2.24, 2.45) is 5.10 Å². The molecule has 3 aromatic rings. The van der Waals surface area contributed by atoms with E-state index < -0.39 is 0 Å². The number of aryl methyl sites for hydroxylation is 1. The number of furan rings is 1. The molecule has 140 valence electrons. The van der Waals surface area contributed by atoms with Crippen LogP contribution in [0, 0.1) is 6.92 Å². The molecule has 1 N–H and O–H groups in total. The zero-order valence-corrected chi connectivity index (χ0v) is 17.0. The molecule has 0 radical (unpaired) electrons. The summed E-state index contributed by atoms with van der Waals surface area (Å²) >= 11 is 3.55. The second-order valence-corrected chi connectivity index (χ2v) is 6.80. The highest BCUT2D eigenvalue weighted by molar-refractivity contribution is 9.10. The minimum Gasteiger partial charge on any atom is -0.493 e. The molecule has 5 nitrogen and oxygen atoms in total. The third kappa shape index (κ3) is 4.71. The van der Waals surface area contributed by atoms with Gasteiger partial charge in [-0.15, -0.1) is 0 Å². The van der Waals surface area contributed by atoms with E-state index in [-0.39, 0.29) is 0 Å². The van der Waals surface area contributed by atoms with Gasteiger partial charge in [-0.2, -0.15) is 5.10 Å². The maximum absolute atomic E-state index is 5.84. The highest BCUT2D eigenvalue weighted by Gasteiger charge is 2.06. The Hall–Kier alpha value is -2.73. The van der Waals surface area contributed by atoms with E-state index in [1.807, 2.05) is 42.5 Å². The number of methoxy groups -OCH3 is 2. The van der Waals surface area contributed by atoms with Crippen LogP contribution in [0.4, 0.5) is 0 Å². The van der Waals surface area contributed by atoms with Crippen LogP contribution in [0.2, 0.25) is 0 Å². The molecule has 1 aromatic heterocycles. The maximum atomic E-state index is 5.84. The number of nitrogens with one attached hydrogen (secondary N) is 1. The van der Waals surface area contributed by atoms with Gasteiger partial charge in [-0.3, -0.25) is 0 Å². The van der Waals surface area contributed by atoms with Gasteiger partial charge >= 0.3 is 0 Å². The number of hydrogen-bond acceptors (Lipinski definition) is 5. The molecule has 2 aromatic carbocycles. The molecule has 1 heterocycles. The van der Waals surface area contributed by atoms with Crippen LogP contribution in [-0.4, -0.2) is 20.4 Å². The van der Waals surface area contributed by atoms with Crippen molar-refractivity contribution in [2.75, 3.05) is 14.2 Å². The van der Waals surface area contributed by atoms with Gasteiger partial charge in [0.2, 0.25) is 0 Å². The Labute approximate surface area is 167 Å². The van der Waals surface area contributed by atoms with Gasteiger partial charge in [-0.25, -0.2) is 0 Å². The van der Waals surface area contributed by atoms with E-state index in [0.717, 1.165) is 21.4 Å². The van der Waals surface area contributed by atoms with Crippen LogP contribution in [0.3, 0.4) is 0 Å². The van der Waals surface area contributed by atoms with Crippen molar-refractivity contribution in [1.29, 1.82) is 0 Å². The molecule has 6 heteroatoms. The third-order valence-electron chi connectivity index (χ3n) is 4.10. The van der Waals surface area contributed by atoms with Crippen LogP contribution >= 0.6 is 15.9 Å². The van der Waals surface area contributed by atoms with E-state index in [1.165, 1.54) is 5.56 Å². The summed E-state index contributed by atoms with van der Waals surface area (Å²) in [5.74, 6) is 2.88. The molecule has 0 saturated carbocycles. The van der Waals surface area contributed by atoms with Crippen LogP contribution in [0.15, 0.2) is 62.5 Å². The zero-order chi connectivity index (χ0) is 19.2. The van der Waals surface area contributed by atoms with Crippen LogP contribution in [-0.2, 0) is 6.54 Å². The van der Waals surface area contributed by atoms with Crippen molar-refractivity contribution in [3.63, 3.8) is 0 Å². The van der Waals surface area contributed by atoms with Gasteiger partial charge < -0.3 is 19.3 Å². The lowest BCUT2D eigenvalue weighted by Gasteiger charge is -2.09. The van der Waals surface area contributed by atoms with Crippen LogP contribution < -0.4 is 14.9 Å². The summed E-state index contributed by atoms with van der Waals surface area (Å²) in [6.45, 7) is 2.62. The fraction of sp³-hybridized carbons (Fsp3) is 0.190. The molecule has 0 bridgehead atoms. The third-order valence-corrected chi connectivity index (χ3v) is 4.95. The number of ether oxygens (including phenoxy) is 2. The van der Waals surface area contributed by atoms with Gasteiger partial charge in [0.15, 0.2) is 11.5 Å². The van der Waals surface area contributed by atoms with Crippen LogP contribution in [0.25, 0.3) is 11.3 Å². The monoisotopic (exact) mass is 428 g/mol. The Balaban J connectivity index is 1.61. The van der Waals surface area contributed by atoms with Crippen molar-refractivity contribution in [3.8, 4) is 22.8 Å². The molecule has 0 aliphatic rings. The lowest BCUT2D eigenvalue weighted by molar-refractivity contribution is 0.354. The number of hydrogen-bond donors (Lipinski definition) is 1. The summed E-state index contributed by atoms with van der Waals surface area (Å²) in [6.07, 6.45) is 1.66. The summed E-state index contributed by atoms with van der Waals surface area (Å²) in [6, 6.07) is 15.7. The molecular weight excluding hydrogens is 408 g/mol. The Bertz CT molecular complexity index is 950. The van der Waals surface area contributed by atoms with Crippen molar-refractivity contribution >= 4 is 22.1 Å². The van der Waals surface area contributed by atoms with E-state index in [2.05, 4.69) is 39.4 Å².